The average Bonchev–Trinajstić information content (AvgIpc) is 2.89. The number of unbranched alkanes of at least 4 members (excludes halogenated alkanes) is 12. The van der Waals surface area contributed by atoms with Gasteiger partial charge >= 0.3 is 23.9 Å². The van der Waals surface area contributed by atoms with Crippen molar-refractivity contribution in [3.8, 4) is 0 Å². The molecule has 8 heteroatoms. The summed E-state index contributed by atoms with van der Waals surface area (Å²) in [5, 5.41) is 35.9. The van der Waals surface area contributed by atoms with Gasteiger partial charge in [0.1, 0.15) is 0 Å². The first-order chi connectivity index (χ1) is 21.7. The van der Waals surface area contributed by atoms with Gasteiger partial charge in [0, 0.05) is 0 Å². The lowest BCUT2D eigenvalue weighted by molar-refractivity contribution is -0.154. The van der Waals surface area contributed by atoms with Crippen LogP contribution in [0.5, 0.6) is 0 Å². The Kier molecular flexibility index (Phi) is 27.0. The second kappa shape index (κ2) is 25.8. The summed E-state index contributed by atoms with van der Waals surface area (Å²) in [6.45, 7) is 23.7. The molecule has 8 nitrogen and oxygen atoms in total. The van der Waals surface area contributed by atoms with Gasteiger partial charge in [0.15, 0.2) is 0 Å². The molecule has 0 radical (unpaired) electrons. The fraction of sp³-hybridized carbons (Fsp3) is 0.900. The summed E-state index contributed by atoms with van der Waals surface area (Å²) in [5.74, 6) is -4.88. The van der Waals surface area contributed by atoms with Crippen molar-refractivity contribution >= 4 is 23.9 Å². The van der Waals surface area contributed by atoms with E-state index in [1.54, 1.807) is 41.5 Å². The number of carboxylic acids is 4. The topological polar surface area (TPSA) is 149 Å². The first kappa shape index (κ1) is 50.3. The summed E-state index contributed by atoms with van der Waals surface area (Å²) in [4.78, 5) is 43.7. The minimum absolute atomic E-state index is 0.415. The fourth-order valence-electron chi connectivity index (χ4n) is 4.80. The molecule has 0 aromatic rings. The molecule has 2 atom stereocenters. The van der Waals surface area contributed by atoms with Gasteiger partial charge in [0.2, 0.25) is 0 Å². The van der Waals surface area contributed by atoms with E-state index in [4.69, 9.17) is 10.2 Å². The van der Waals surface area contributed by atoms with Crippen molar-refractivity contribution < 1.29 is 39.6 Å². The van der Waals surface area contributed by atoms with E-state index < -0.39 is 46.5 Å². The SMILES string of the molecule is CC(C)(C)C(=O)O.CC(C)(C)C(=O)O.CC(C)(C)CCCCCCCCCC(C(=O)O)C(CCCCCCCCCC(C)(C)C)C(=O)O. The highest BCUT2D eigenvalue weighted by molar-refractivity contribution is 5.79. The Morgan fingerprint density at radius 2 is 0.562 bits per heavy atom. The highest BCUT2D eigenvalue weighted by Gasteiger charge is 2.32. The standard InChI is InChI=1S/C30H58O4.2C5H10O2/c1-29(2,3)23-19-15-11-7-9-13-17-21-25(27(31)32)26(28(33)34)22-18-14-10-8-12-16-20-24-30(4,5)6;2*1-5(2,3)4(6)7/h25-26H,7-24H2,1-6H3,(H,31,32)(H,33,34);2*1-3H3,(H,6,7). The second-order valence-corrected chi connectivity index (χ2v) is 18.1. The molecule has 0 aliphatic carbocycles. The molecule has 0 aromatic heterocycles. The van der Waals surface area contributed by atoms with Gasteiger partial charge in [-0.2, -0.15) is 0 Å². The summed E-state index contributed by atoms with van der Waals surface area (Å²) < 4.78 is 0. The number of hydrogen-bond donors (Lipinski definition) is 4. The van der Waals surface area contributed by atoms with E-state index >= 15 is 0 Å². The van der Waals surface area contributed by atoms with E-state index in [2.05, 4.69) is 41.5 Å². The van der Waals surface area contributed by atoms with Gasteiger partial charge in [0.25, 0.3) is 0 Å². The maximum atomic E-state index is 11.8. The third-order valence-corrected chi connectivity index (χ3v) is 8.29. The normalized spacial score (nSPS) is 13.3. The Labute approximate surface area is 295 Å². The lowest BCUT2D eigenvalue weighted by atomic mass is 9.84. The van der Waals surface area contributed by atoms with E-state index in [1.807, 2.05) is 0 Å². The first-order valence-electron chi connectivity index (χ1n) is 18.6. The Balaban J connectivity index is -0.00000119. The summed E-state index contributed by atoms with van der Waals surface area (Å²) in [5.41, 5.74) is -0.336. The molecular formula is C40H78O8. The van der Waals surface area contributed by atoms with Crippen molar-refractivity contribution in [1.82, 2.24) is 0 Å². The molecule has 0 saturated carbocycles. The van der Waals surface area contributed by atoms with Gasteiger partial charge in [-0.3, -0.25) is 19.2 Å². The quantitative estimate of drug-likeness (QED) is 0.0871. The molecule has 0 aliphatic rings. The molecule has 0 amide bonds. The summed E-state index contributed by atoms with van der Waals surface area (Å²) in [7, 11) is 0. The van der Waals surface area contributed by atoms with Crippen molar-refractivity contribution in [2.24, 2.45) is 33.5 Å². The van der Waals surface area contributed by atoms with E-state index in [9.17, 15) is 29.4 Å². The second-order valence-electron chi connectivity index (χ2n) is 18.1. The van der Waals surface area contributed by atoms with Gasteiger partial charge in [-0.05, 0) is 78.1 Å². The van der Waals surface area contributed by atoms with Crippen LogP contribution in [0, 0.1) is 33.5 Å². The molecule has 0 rings (SSSR count). The van der Waals surface area contributed by atoms with E-state index in [-0.39, 0.29) is 0 Å². The molecule has 0 heterocycles. The van der Waals surface area contributed by atoms with Crippen molar-refractivity contribution in [3.63, 3.8) is 0 Å². The predicted molar refractivity (Wildman–Crippen MR) is 198 cm³/mol. The van der Waals surface area contributed by atoms with Crippen LogP contribution in [0.2, 0.25) is 0 Å². The van der Waals surface area contributed by atoms with Crippen LogP contribution in [0.15, 0.2) is 0 Å². The molecule has 0 aliphatic heterocycles. The van der Waals surface area contributed by atoms with E-state index in [0.717, 1.165) is 38.5 Å². The lowest BCUT2D eigenvalue weighted by Crippen LogP contribution is -2.30. The van der Waals surface area contributed by atoms with Gasteiger partial charge < -0.3 is 20.4 Å². The summed E-state index contributed by atoms with van der Waals surface area (Å²) in [6, 6.07) is 0. The smallest absolute Gasteiger partial charge is 0.308 e. The molecule has 0 fully saturated rings. The molecule has 48 heavy (non-hydrogen) atoms. The molecule has 0 bridgehead atoms. The Hall–Kier alpha value is -2.12. The van der Waals surface area contributed by atoms with Crippen LogP contribution in [0.25, 0.3) is 0 Å². The van der Waals surface area contributed by atoms with Crippen molar-refractivity contribution in [1.29, 1.82) is 0 Å². The number of rotatable bonds is 21. The van der Waals surface area contributed by atoms with E-state index in [1.165, 1.54) is 64.2 Å². The van der Waals surface area contributed by atoms with Gasteiger partial charge in [-0.1, -0.05) is 131 Å². The van der Waals surface area contributed by atoms with Crippen molar-refractivity contribution in [3.05, 3.63) is 0 Å². The number of aliphatic carboxylic acids is 4. The van der Waals surface area contributed by atoms with Crippen molar-refractivity contribution in [2.45, 2.75) is 199 Å². The number of carboxylic acid groups (broad SMARTS) is 4. The molecular weight excluding hydrogens is 608 g/mol. The van der Waals surface area contributed by atoms with Crippen LogP contribution in [0.4, 0.5) is 0 Å². The van der Waals surface area contributed by atoms with Crippen LogP contribution < -0.4 is 0 Å². The maximum Gasteiger partial charge on any atom is 0.308 e. The predicted octanol–water partition coefficient (Wildman–Crippen LogP) is 11.7. The highest BCUT2D eigenvalue weighted by atomic mass is 16.4. The van der Waals surface area contributed by atoms with Crippen LogP contribution in [0.1, 0.15) is 199 Å². The number of hydrogen-bond acceptors (Lipinski definition) is 4. The van der Waals surface area contributed by atoms with Crippen LogP contribution in [-0.4, -0.2) is 44.3 Å². The minimum Gasteiger partial charge on any atom is -0.481 e. The van der Waals surface area contributed by atoms with E-state index in [0.29, 0.717) is 23.7 Å². The average molecular weight is 687 g/mol. The molecule has 286 valence electrons. The number of carbonyl (C=O) groups is 4. The van der Waals surface area contributed by atoms with Gasteiger partial charge in [-0.25, -0.2) is 0 Å². The fourth-order valence-corrected chi connectivity index (χ4v) is 4.80. The van der Waals surface area contributed by atoms with Crippen LogP contribution in [0.3, 0.4) is 0 Å². The zero-order valence-electron chi connectivity index (χ0n) is 33.3. The molecule has 0 aromatic carbocycles. The Bertz CT molecular complexity index is 794. The molecule has 0 spiro atoms. The largest absolute Gasteiger partial charge is 0.481 e. The Morgan fingerprint density at radius 1 is 0.375 bits per heavy atom. The molecule has 0 saturated heterocycles. The van der Waals surface area contributed by atoms with Gasteiger partial charge in [0.05, 0.1) is 22.7 Å². The third kappa shape index (κ3) is 35.2. The highest BCUT2D eigenvalue weighted by Crippen LogP contribution is 2.27. The van der Waals surface area contributed by atoms with Crippen LogP contribution >= 0.6 is 0 Å². The maximum absolute atomic E-state index is 11.8. The summed E-state index contributed by atoms with van der Waals surface area (Å²) in [6.07, 6.45) is 19.4. The lowest BCUT2D eigenvalue weighted by Gasteiger charge is -2.20. The third-order valence-electron chi connectivity index (χ3n) is 8.29. The molecule has 4 N–H and O–H groups in total. The Morgan fingerprint density at radius 3 is 0.729 bits per heavy atom. The first-order valence-corrected chi connectivity index (χ1v) is 18.6. The zero-order valence-corrected chi connectivity index (χ0v) is 33.3. The monoisotopic (exact) mass is 687 g/mol. The van der Waals surface area contributed by atoms with Crippen molar-refractivity contribution in [2.75, 3.05) is 0 Å². The molecule has 2 unspecified atom stereocenters. The van der Waals surface area contributed by atoms with Crippen LogP contribution in [-0.2, 0) is 19.2 Å². The summed E-state index contributed by atoms with van der Waals surface area (Å²) >= 11 is 0. The zero-order chi connectivity index (χ0) is 38.2. The minimum atomic E-state index is -0.937. The van der Waals surface area contributed by atoms with Gasteiger partial charge in [-0.15, -0.1) is 0 Å².